The van der Waals surface area contributed by atoms with Crippen LogP contribution in [0.25, 0.3) is 0 Å². The minimum Gasteiger partial charge on any atom is -0.482 e. The van der Waals surface area contributed by atoms with Gasteiger partial charge in [0.15, 0.2) is 6.61 Å². The number of carbonyl (C=O) groups is 2. The van der Waals surface area contributed by atoms with E-state index in [2.05, 4.69) is 13.2 Å². The van der Waals surface area contributed by atoms with Gasteiger partial charge in [-0.3, -0.25) is 9.69 Å². The molecule has 1 amide bonds. The average molecular weight is 451 g/mol. The van der Waals surface area contributed by atoms with Gasteiger partial charge in [-0.1, -0.05) is 31.4 Å². The number of carboxylic acid groups (broad SMARTS) is 1. The third-order valence-corrected chi connectivity index (χ3v) is 4.83. The summed E-state index contributed by atoms with van der Waals surface area (Å²) in [6.45, 7) is 13.8. The SMILES string of the molecule is C/C=C\C.C=CC(=C)C(=O)N1CCN(Cc2cc(C(C)(F)F)ccc2OCC(=O)O)CC1. The molecule has 8 heteroatoms. The Bertz CT molecular complexity index is 835. The van der Waals surface area contributed by atoms with Crippen molar-refractivity contribution in [2.24, 2.45) is 0 Å². The Hall–Kier alpha value is -3.00. The lowest BCUT2D eigenvalue weighted by molar-refractivity contribution is -0.139. The number of piperazine rings is 1. The molecule has 1 heterocycles. The number of amides is 1. The summed E-state index contributed by atoms with van der Waals surface area (Å²) in [5.41, 5.74) is 0.646. The second-order valence-electron chi connectivity index (χ2n) is 7.36. The number of hydrogen-bond acceptors (Lipinski definition) is 4. The van der Waals surface area contributed by atoms with Crippen LogP contribution in [-0.2, 0) is 22.1 Å². The van der Waals surface area contributed by atoms with E-state index in [-0.39, 0.29) is 17.2 Å². The van der Waals surface area contributed by atoms with Gasteiger partial charge in [-0.05, 0) is 32.0 Å². The summed E-state index contributed by atoms with van der Waals surface area (Å²) in [6.07, 6.45) is 5.41. The van der Waals surface area contributed by atoms with Gasteiger partial charge in [0.2, 0.25) is 0 Å². The number of rotatable bonds is 8. The molecule has 1 saturated heterocycles. The molecule has 1 N–H and O–H groups in total. The lowest BCUT2D eigenvalue weighted by atomic mass is 10.0. The topological polar surface area (TPSA) is 70.1 Å². The van der Waals surface area contributed by atoms with Gasteiger partial charge in [-0.15, -0.1) is 0 Å². The third-order valence-electron chi connectivity index (χ3n) is 4.83. The highest BCUT2D eigenvalue weighted by atomic mass is 19.3. The molecular formula is C24H32F2N2O4. The van der Waals surface area contributed by atoms with Crippen LogP contribution >= 0.6 is 0 Å². The van der Waals surface area contributed by atoms with Crippen molar-refractivity contribution >= 4 is 11.9 Å². The van der Waals surface area contributed by atoms with Gasteiger partial charge >= 0.3 is 5.97 Å². The monoisotopic (exact) mass is 450 g/mol. The van der Waals surface area contributed by atoms with E-state index in [1.807, 2.05) is 30.9 Å². The largest absolute Gasteiger partial charge is 0.482 e. The van der Waals surface area contributed by atoms with E-state index in [1.165, 1.54) is 24.3 Å². The van der Waals surface area contributed by atoms with Crippen molar-refractivity contribution in [3.05, 3.63) is 66.3 Å². The Morgan fingerprint density at radius 3 is 2.25 bits per heavy atom. The molecule has 0 saturated carbocycles. The fourth-order valence-corrected chi connectivity index (χ4v) is 2.90. The minimum atomic E-state index is -3.02. The highest BCUT2D eigenvalue weighted by Gasteiger charge is 2.27. The molecular weight excluding hydrogens is 418 g/mol. The van der Waals surface area contributed by atoms with Crippen LogP contribution in [0, 0.1) is 0 Å². The summed E-state index contributed by atoms with van der Waals surface area (Å²) < 4.78 is 32.7. The van der Waals surface area contributed by atoms with Crippen molar-refractivity contribution in [2.75, 3.05) is 32.8 Å². The highest BCUT2D eigenvalue weighted by molar-refractivity contribution is 5.95. The molecule has 0 aliphatic carbocycles. The van der Waals surface area contributed by atoms with E-state index in [1.54, 1.807) is 4.90 Å². The zero-order valence-electron chi connectivity index (χ0n) is 18.9. The molecule has 1 aromatic rings. The Balaban J connectivity index is 0.00000118. The minimum absolute atomic E-state index is 0.165. The summed E-state index contributed by atoms with van der Waals surface area (Å²) >= 11 is 0. The van der Waals surface area contributed by atoms with Gasteiger partial charge in [-0.25, -0.2) is 13.6 Å². The quantitative estimate of drug-likeness (QED) is 0.365. The molecule has 0 unspecified atom stereocenters. The van der Waals surface area contributed by atoms with E-state index in [0.717, 1.165) is 6.92 Å². The first-order chi connectivity index (χ1) is 15.0. The van der Waals surface area contributed by atoms with Crippen molar-refractivity contribution in [3.63, 3.8) is 0 Å². The predicted molar refractivity (Wildman–Crippen MR) is 121 cm³/mol. The molecule has 2 rings (SSSR count). The van der Waals surface area contributed by atoms with E-state index in [0.29, 0.717) is 43.9 Å². The lowest BCUT2D eigenvalue weighted by Gasteiger charge is -2.35. The molecule has 0 spiro atoms. The van der Waals surface area contributed by atoms with E-state index < -0.39 is 18.5 Å². The van der Waals surface area contributed by atoms with Crippen LogP contribution in [0.2, 0.25) is 0 Å². The molecule has 1 fully saturated rings. The summed E-state index contributed by atoms with van der Waals surface area (Å²) in [5.74, 6) is -4.08. The van der Waals surface area contributed by atoms with E-state index in [4.69, 9.17) is 9.84 Å². The van der Waals surface area contributed by atoms with Crippen LogP contribution < -0.4 is 4.74 Å². The molecule has 0 atom stereocenters. The van der Waals surface area contributed by atoms with Crippen LogP contribution in [-0.4, -0.2) is 59.6 Å². The van der Waals surface area contributed by atoms with E-state index in [9.17, 15) is 18.4 Å². The molecule has 1 aliphatic heterocycles. The standard InChI is InChI=1S/C20H24F2N2O4.C4H8/c1-4-14(2)19(27)24-9-7-23(8-10-24)12-15-11-16(20(3,21)22)5-6-17(15)28-13-18(25)26;1-3-4-2/h4-6,11H,1-2,7-10,12-13H2,3H3,(H,25,26);3-4H,1-2H3/b;4-3-. The number of hydrogen-bond donors (Lipinski definition) is 1. The van der Waals surface area contributed by atoms with Crippen molar-refractivity contribution < 1.29 is 28.2 Å². The molecule has 32 heavy (non-hydrogen) atoms. The van der Waals surface area contributed by atoms with Crippen molar-refractivity contribution in [1.82, 2.24) is 9.80 Å². The summed E-state index contributed by atoms with van der Waals surface area (Å²) in [5, 5.41) is 8.81. The highest BCUT2D eigenvalue weighted by Crippen LogP contribution is 2.31. The Morgan fingerprint density at radius 2 is 1.78 bits per heavy atom. The molecule has 0 radical (unpaired) electrons. The van der Waals surface area contributed by atoms with Crippen molar-refractivity contribution in [2.45, 2.75) is 33.2 Å². The average Bonchev–Trinajstić information content (AvgIpc) is 2.77. The predicted octanol–water partition coefficient (Wildman–Crippen LogP) is 4.23. The summed E-state index contributed by atoms with van der Waals surface area (Å²) in [4.78, 5) is 26.6. The maximum Gasteiger partial charge on any atom is 0.341 e. The zero-order chi connectivity index (χ0) is 24.3. The van der Waals surface area contributed by atoms with Crippen molar-refractivity contribution in [3.8, 4) is 5.75 Å². The normalized spacial score (nSPS) is 14.5. The molecule has 0 bridgehead atoms. The van der Waals surface area contributed by atoms with Crippen LogP contribution in [0.4, 0.5) is 8.78 Å². The molecule has 0 aromatic heterocycles. The number of nitrogens with zero attached hydrogens (tertiary/aromatic N) is 2. The van der Waals surface area contributed by atoms with Gasteiger partial charge < -0.3 is 14.7 Å². The lowest BCUT2D eigenvalue weighted by Crippen LogP contribution is -2.48. The van der Waals surface area contributed by atoms with Crippen molar-refractivity contribution in [1.29, 1.82) is 0 Å². The molecule has 176 valence electrons. The number of alkyl halides is 2. The fraction of sp³-hybridized carbons (Fsp3) is 0.417. The Labute approximate surface area is 188 Å². The third kappa shape index (κ3) is 8.63. The zero-order valence-corrected chi connectivity index (χ0v) is 18.9. The number of carbonyl (C=O) groups excluding carboxylic acids is 1. The number of aliphatic carboxylic acids is 1. The smallest absolute Gasteiger partial charge is 0.341 e. The summed E-state index contributed by atoms with van der Waals surface area (Å²) in [7, 11) is 0. The maximum atomic E-state index is 13.7. The Kier molecular flexibility index (Phi) is 10.8. The maximum absolute atomic E-state index is 13.7. The summed E-state index contributed by atoms with van der Waals surface area (Å²) in [6, 6.07) is 3.95. The number of ether oxygens (including phenoxy) is 1. The van der Waals surface area contributed by atoms with Crippen LogP contribution in [0.5, 0.6) is 5.75 Å². The number of halogens is 2. The van der Waals surface area contributed by atoms with Crippen LogP contribution in [0.15, 0.2) is 55.2 Å². The fourth-order valence-electron chi connectivity index (χ4n) is 2.90. The molecule has 1 aromatic carbocycles. The first kappa shape index (κ1) is 27.0. The second-order valence-corrected chi connectivity index (χ2v) is 7.36. The van der Waals surface area contributed by atoms with Crippen LogP contribution in [0.3, 0.4) is 0 Å². The van der Waals surface area contributed by atoms with Gasteiger partial charge in [0.05, 0.1) is 0 Å². The second kappa shape index (κ2) is 12.8. The van der Waals surface area contributed by atoms with Gasteiger partial charge in [-0.2, -0.15) is 0 Å². The molecule has 1 aliphatic rings. The first-order valence-corrected chi connectivity index (χ1v) is 10.3. The van der Waals surface area contributed by atoms with Gasteiger partial charge in [0.25, 0.3) is 11.8 Å². The first-order valence-electron chi connectivity index (χ1n) is 10.3. The van der Waals surface area contributed by atoms with E-state index >= 15 is 0 Å². The number of allylic oxidation sites excluding steroid dienone is 2. The van der Waals surface area contributed by atoms with Gasteiger partial charge in [0, 0.05) is 56.3 Å². The number of benzene rings is 1. The number of carboxylic acids is 1. The van der Waals surface area contributed by atoms with Gasteiger partial charge in [0.1, 0.15) is 5.75 Å². The molecule has 6 nitrogen and oxygen atoms in total. The Morgan fingerprint density at radius 1 is 1.19 bits per heavy atom. The van der Waals surface area contributed by atoms with Crippen LogP contribution in [0.1, 0.15) is 31.9 Å².